The lowest BCUT2D eigenvalue weighted by atomic mass is 9.92. The van der Waals surface area contributed by atoms with E-state index in [-0.39, 0.29) is 23.5 Å². The molecule has 0 heterocycles. The van der Waals surface area contributed by atoms with Crippen molar-refractivity contribution in [3.8, 4) is 11.5 Å². The number of primary amides is 1. The second kappa shape index (κ2) is 11.3. The summed E-state index contributed by atoms with van der Waals surface area (Å²) >= 11 is 6.08. The number of ketones is 1. The summed E-state index contributed by atoms with van der Waals surface area (Å²) in [6.45, 7) is 7.19. The Labute approximate surface area is 217 Å². The molecule has 2 aromatic rings. The maximum absolute atomic E-state index is 12.7. The van der Waals surface area contributed by atoms with Gasteiger partial charge in [-0.3, -0.25) is 14.4 Å². The van der Waals surface area contributed by atoms with E-state index in [1.807, 2.05) is 0 Å². The number of benzene rings is 2. The van der Waals surface area contributed by atoms with Gasteiger partial charge in [0.2, 0.25) is 5.91 Å². The van der Waals surface area contributed by atoms with Crippen LogP contribution in [0.4, 0.5) is 0 Å². The molecule has 2 aliphatic rings. The van der Waals surface area contributed by atoms with Crippen LogP contribution in [0.3, 0.4) is 0 Å². The van der Waals surface area contributed by atoms with Crippen molar-refractivity contribution in [2.24, 2.45) is 23.5 Å². The first kappa shape index (κ1) is 27.5. The maximum atomic E-state index is 12.7. The van der Waals surface area contributed by atoms with Gasteiger partial charge in [0, 0.05) is 23.2 Å². The number of hydrogen-bond acceptors (Lipinski definition) is 5. The predicted octanol–water partition coefficient (Wildman–Crippen LogP) is 5.13. The van der Waals surface area contributed by atoms with Crippen LogP contribution in [0.15, 0.2) is 42.5 Å². The van der Waals surface area contributed by atoms with Gasteiger partial charge in [0.1, 0.15) is 11.5 Å². The Balaban J connectivity index is 0.000000253. The molecule has 0 saturated heterocycles. The molecular formula is C28H35ClN2O5. The second-order valence-electron chi connectivity index (χ2n) is 10.1. The van der Waals surface area contributed by atoms with Crippen LogP contribution in [0.5, 0.6) is 11.5 Å². The van der Waals surface area contributed by atoms with Crippen LogP contribution < -0.4 is 15.8 Å². The van der Waals surface area contributed by atoms with Crippen LogP contribution >= 0.6 is 11.6 Å². The average Bonchev–Trinajstić information content (AvgIpc) is 3.38. The molecule has 0 aliphatic heterocycles. The fraction of sp³-hybridized carbons (Fsp3) is 0.464. The number of Topliss-reactive ketones (excluding diaryl/α,β-unsaturated/α-hetero) is 1. The van der Waals surface area contributed by atoms with Crippen molar-refractivity contribution in [2.75, 3.05) is 0 Å². The predicted molar refractivity (Wildman–Crippen MR) is 139 cm³/mol. The Morgan fingerprint density at radius 2 is 1.83 bits per heavy atom. The Kier molecular flexibility index (Phi) is 8.67. The number of nitrogens with one attached hydrogen (secondary N) is 1. The minimum absolute atomic E-state index is 0.0712. The summed E-state index contributed by atoms with van der Waals surface area (Å²) in [4.78, 5) is 34.3. The maximum Gasteiger partial charge on any atom is 0.263 e. The number of rotatable bonds is 7. The van der Waals surface area contributed by atoms with Crippen LogP contribution in [0.2, 0.25) is 5.02 Å². The number of phenolic OH excluding ortho intramolecular Hbond substituents is 1. The van der Waals surface area contributed by atoms with Crippen molar-refractivity contribution in [3.63, 3.8) is 0 Å². The summed E-state index contributed by atoms with van der Waals surface area (Å²) in [5.41, 5.74) is 4.88. The molecule has 0 aromatic heterocycles. The van der Waals surface area contributed by atoms with Crippen molar-refractivity contribution in [3.05, 3.63) is 58.6 Å². The smallest absolute Gasteiger partial charge is 0.263 e. The number of carbonyl (C=O) groups is 3. The van der Waals surface area contributed by atoms with E-state index in [0.29, 0.717) is 27.8 Å². The zero-order chi connectivity index (χ0) is 26.6. The zero-order valence-electron chi connectivity index (χ0n) is 21.2. The van der Waals surface area contributed by atoms with E-state index in [0.717, 1.165) is 18.3 Å². The largest absolute Gasteiger partial charge is 0.508 e. The minimum atomic E-state index is -1.02. The second-order valence-corrected chi connectivity index (χ2v) is 10.5. The number of ether oxygens (including phenoxy) is 1. The first-order chi connectivity index (χ1) is 16.9. The molecule has 4 atom stereocenters. The van der Waals surface area contributed by atoms with Crippen LogP contribution in [-0.2, 0) is 4.79 Å². The minimum Gasteiger partial charge on any atom is -0.508 e. The van der Waals surface area contributed by atoms with Gasteiger partial charge in [-0.05, 0) is 82.1 Å². The van der Waals surface area contributed by atoms with Crippen LogP contribution in [-0.4, -0.2) is 34.3 Å². The van der Waals surface area contributed by atoms with Crippen molar-refractivity contribution in [1.82, 2.24) is 5.32 Å². The molecule has 2 amide bonds. The van der Waals surface area contributed by atoms with Gasteiger partial charge in [-0.15, -0.1) is 0 Å². The summed E-state index contributed by atoms with van der Waals surface area (Å²) < 4.78 is 5.84. The van der Waals surface area contributed by atoms with E-state index in [1.165, 1.54) is 44.4 Å². The SMILES string of the molecule is CC(=O)c1cccc(C(N)=O)c1.CCC1C2CCC1C(NC(=O)C(C)(C)Oc1ccc(O)cc1Cl)C2. The van der Waals surface area contributed by atoms with Crippen molar-refractivity contribution < 1.29 is 24.2 Å². The third kappa shape index (κ3) is 6.38. The topological polar surface area (TPSA) is 119 Å². The normalized spacial score (nSPS) is 22.4. The van der Waals surface area contributed by atoms with Crippen molar-refractivity contribution in [1.29, 1.82) is 0 Å². The summed E-state index contributed by atoms with van der Waals surface area (Å²) in [6, 6.07) is 11.1. The number of phenols is 1. The number of fused-ring (bicyclic) bond motifs is 2. The van der Waals surface area contributed by atoms with Gasteiger partial charge in [-0.2, -0.15) is 0 Å². The van der Waals surface area contributed by atoms with Gasteiger partial charge in [0.15, 0.2) is 11.4 Å². The average molecular weight is 515 g/mol. The fourth-order valence-corrected chi connectivity index (χ4v) is 5.62. The van der Waals surface area contributed by atoms with Gasteiger partial charge in [-0.25, -0.2) is 0 Å². The number of carbonyl (C=O) groups excluding carboxylic acids is 3. The van der Waals surface area contributed by atoms with Gasteiger partial charge >= 0.3 is 0 Å². The quantitative estimate of drug-likeness (QED) is 0.442. The number of hydrogen-bond donors (Lipinski definition) is 3. The van der Waals surface area contributed by atoms with E-state index < -0.39 is 11.5 Å². The Morgan fingerprint density at radius 1 is 1.14 bits per heavy atom. The third-order valence-electron chi connectivity index (χ3n) is 7.27. The zero-order valence-corrected chi connectivity index (χ0v) is 22.0. The van der Waals surface area contributed by atoms with E-state index >= 15 is 0 Å². The molecule has 2 aliphatic carbocycles. The molecule has 2 bridgehead atoms. The molecular weight excluding hydrogens is 480 g/mol. The molecule has 0 radical (unpaired) electrons. The molecule has 4 N–H and O–H groups in total. The molecule has 7 nitrogen and oxygen atoms in total. The lowest BCUT2D eigenvalue weighted by Crippen LogP contribution is -2.51. The standard InChI is InChI=1S/C19H26ClNO3.C9H9NO2/c1-4-13-11-5-7-14(13)16(9-11)21-18(23)19(2,3)24-17-8-6-12(22)10-15(17)20;1-6(11)7-3-2-4-8(5-7)9(10)12/h6,8,10-11,13-14,16,22H,4-5,7,9H2,1-3H3,(H,21,23);2-5H,1H3,(H2,10,12). The van der Waals surface area contributed by atoms with E-state index in [1.54, 1.807) is 38.1 Å². The Bertz CT molecular complexity index is 1100. The van der Waals surface area contributed by atoms with Crippen molar-refractivity contribution in [2.45, 2.75) is 65.0 Å². The Morgan fingerprint density at radius 3 is 2.42 bits per heavy atom. The number of halogens is 1. The van der Waals surface area contributed by atoms with E-state index in [4.69, 9.17) is 22.1 Å². The van der Waals surface area contributed by atoms with Gasteiger partial charge in [0.25, 0.3) is 5.91 Å². The number of amides is 2. The Hall–Kier alpha value is -3.06. The molecule has 8 heteroatoms. The number of nitrogens with two attached hydrogens (primary N) is 1. The van der Waals surface area contributed by atoms with Gasteiger partial charge < -0.3 is 20.9 Å². The number of aromatic hydroxyl groups is 1. The fourth-order valence-electron chi connectivity index (χ4n) is 5.41. The first-order valence-corrected chi connectivity index (χ1v) is 12.7. The van der Waals surface area contributed by atoms with Crippen LogP contribution in [0, 0.1) is 17.8 Å². The van der Waals surface area contributed by atoms with E-state index in [2.05, 4.69) is 12.2 Å². The summed E-state index contributed by atoms with van der Waals surface area (Å²) in [5, 5.41) is 12.9. The molecule has 4 unspecified atom stereocenters. The van der Waals surface area contributed by atoms with Crippen molar-refractivity contribution >= 4 is 29.2 Å². The lowest BCUT2D eigenvalue weighted by molar-refractivity contribution is -0.135. The molecule has 36 heavy (non-hydrogen) atoms. The summed E-state index contributed by atoms with van der Waals surface area (Å²) in [6.07, 6.45) is 4.81. The highest BCUT2D eigenvalue weighted by atomic mass is 35.5. The molecule has 2 saturated carbocycles. The highest BCUT2D eigenvalue weighted by molar-refractivity contribution is 6.32. The third-order valence-corrected chi connectivity index (χ3v) is 7.56. The molecule has 194 valence electrons. The molecule has 0 spiro atoms. The van der Waals surface area contributed by atoms with Gasteiger partial charge in [0.05, 0.1) is 5.02 Å². The molecule has 2 fully saturated rings. The summed E-state index contributed by atoms with van der Waals surface area (Å²) in [5.74, 6) is 1.90. The monoisotopic (exact) mass is 514 g/mol. The highest BCUT2D eigenvalue weighted by Gasteiger charge is 2.48. The lowest BCUT2D eigenvalue weighted by Gasteiger charge is -2.30. The van der Waals surface area contributed by atoms with Crippen LogP contribution in [0.25, 0.3) is 0 Å². The van der Waals surface area contributed by atoms with Gasteiger partial charge in [-0.1, -0.05) is 37.1 Å². The molecule has 2 aromatic carbocycles. The molecule has 4 rings (SSSR count). The van der Waals surface area contributed by atoms with Crippen LogP contribution in [0.1, 0.15) is 74.1 Å². The van der Waals surface area contributed by atoms with E-state index in [9.17, 15) is 19.5 Å². The highest BCUT2D eigenvalue weighted by Crippen LogP contribution is 2.50. The summed E-state index contributed by atoms with van der Waals surface area (Å²) in [7, 11) is 0. The first-order valence-electron chi connectivity index (χ1n) is 12.3.